The summed E-state index contributed by atoms with van der Waals surface area (Å²) in [5, 5.41) is 0. The van der Waals surface area contributed by atoms with Crippen molar-refractivity contribution >= 4 is 22.6 Å². The van der Waals surface area contributed by atoms with E-state index in [9.17, 15) is 0 Å². The second kappa shape index (κ2) is 5.80. The molecular weight excluding hydrogens is 262 g/mol. The van der Waals surface area contributed by atoms with Crippen molar-refractivity contribution in [3.8, 4) is 5.75 Å². The molecule has 2 aromatic rings. The van der Waals surface area contributed by atoms with Crippen molar-refractivity contribution in [2.75, 3.05) is 27.7 Å². The number of aromatic nitrogens is 2. The van der Waals surface area contributed by atoms with Crippen LogP contribution in [-0.2, 0) is 5.88 Å². The molecule has 1 atom stereocenters. The van der Waals surface area contributed by atoms with E-state index in [-0.39, 0.29) is 0 Å². The van der Waals surface area contributed by atoms with E-state index in [2.05, 4.69) is 41.5 Å². The standard InChI is InChI=1S/C14H20ClN3O/c1-10(9-17(2)3)18-11-6-5-7-12(19-4)14(11)16-13(18)8-15/h5-7,10H,8-9H2,1-4H3. The molecule has 0 bridgehead atoms. The Hall–Kier alpha value is -1.26. The number of rotatable bonds is 5. The van der Waals surface area contributed by atoms with E-state index < -0.39 is 0 Å². The van der Waals surface area contributed by atoms with Gasteiger partial charge in [-0.25, -0.2) is 4.98 Å². The molecule has 0 saturated heterocycles. The van der Waals surface area contributed by atoms with Crippen molar-refractivity contribution in [2.45, 2.75) is 18.8 Å². The topological polar surface area (TPSA) is 30.3 Å². The summed E-state index contributed by atoms with van der Waals surface area (Å²) in [5.41, 5.74) is 1.95. The maximum atomic E-state index is 6.04. The molecule has 1 aromatic heterocycles. The molecule has 4 nitrogen and oxygen atoms in total. The summed E-state index contributed by atoms with van der Waals surface area (Å²) in [6.45, 7) is 3.11. The van der Waals surface area contributed by atoms with Gasteiger partial charge in [-0.3, -0.25) is 0 Å². The maximum Gasteiger partial charge on any atom is 0.146 e. The zero-order valence-corrected chi connectivity index (χ0v) is 12.6. The summed E-state index contributed by atoms with van der Waals surface area (Å²) in [4.78, 5) is 6.78. The van der Waals surface area contributed by atoms with Crippen LogP contribution in [0.2, 0.25) is 0 Å². The molecule has 1 unspecified atom stereocenters. The first kappa shape index (κ1) is 14.2. The van der Waals surface area contributed by atoms with Gasteiger partial charge in [0.1, 0.15) is 17.1 Å². The molecule has 1 aromatic carbocycles. The Bertz CT molecular complexity index is 565. The van der Waals surface area contributed by atoms with E-state index in [0.29, 0.717) is 11.9 Å². The lowest BCUT2D eigenvalue weighted by molar-refractivity contribution is 0.337. The molecule has 0 aliphatic rings. The van der Waals surface area contributed by atoms with Gasteiger partial charge in [-0.15, -0.1) is 11.6 Å². The molecule has 0 aliphatic heterocycles. The second-order valence-electron chi connectivity index (χ2n) is 4.97. The number of benzene rings is 1. The van der Waals surface area contributed by atoms with Crippen LogP contribution in [-0.4, -0.2) is 42.2 Å². The van der Waals surface area contributed by atoms with Gasteiger partial charge in [0.15, 0.2) is 0 Å². The highest BCUT2D eigenvalue weighted by Gasteiger charge is 2.17. The molecule has 0 saturated carbocycles. The number of imidazole rings is 1. The van der Waals surface area contributed by atoms with Crippen molar-refractivity contribution in [1.82, 2.24) is 14.5 Å². The highest BCUT2D eigenvalue weighted by molar-refractivity contribution is 6.16. The molecule has 1 heterocycles. The molecule has 19 heavy (non-hydrogen) atoms. The third kappa shape index (κ3) is 2.69. The predicted molar refractivity (Wildman–Crippen MR) is 79.1 cm³/mol. The number of methoxy groups -OCH3 is 1. The molecular formula is C14H20ClN3O. The molecule has 0 amide bonds. The normalized spacial score (nSPS) is 13.2. The van der Waals surface area contributed by atoms with E-state index in [1.54, 1.807) is 7.11 Å². The zero-order valence-electron chi connectivity index (χ0n) is 11.9. The van der Waals surface area contributed by atoms with Gasteiger partial charge >= 0.3 is 0 Å². The SMILES string of the molecule is COc1cccc2c1nc(CCl)n2C(C)CN(C)C. The smallest absolute Gasteiger partial charge is 0.146 e. The monoisotopic (exact) mass is 281 g/mol. The number of alkyl halides is 1. The lowest BCUT2D eigenvalue weighted by atomic mass is 10.2. The minimum Gasteiger partial charge on any atom is -0.494 e. The van der Waals surface area contributed by atoms with Crippen LogP contribution < -0.4 is 4.74 Å². The van der Waals surface area contributed by atoms with Crippen LogP contribution in [0.5, 0.6) is 5.75 Å². The minimum absolute atomic E-state index is 0.306. The number of nitrogens with zero attached hydrogens (tertiary/aromatic N) is 3. The Morgan fingerprint density at radius 2 is 2.16 bits per heavy atom. The van der Waals surface area contributed by atoms with Crippen molar-refractivity contribution < 1.29 is 4.74 Å². The van der Waals surface area contributed by atoms with Crippen molar-refractivity contribution in [1.29, 1.82) is 0 Å². The fourth-order valence-electron chi connectivity index (χ4n) is 2.50. The second-order valence-corrected chi connectivity index (χ2v) is 5.24. The Labute approximate surface area is 118 Å². The van der Waals surface area contributed by atoms with Crippen LogP contribution in [0.4, 0.5) is 0 Å². The van der Waals surface area contributed by atoms with Crippen molar-refractivity contribution in [3.63, 3.8) is 0 Å². The van der Waals surface area contributed by atoms with Gasteiger partial charge in [0, 0.05) is 12.6 Å². The fraction of sp³-hybridized carbons (Fsp3) is 0.500. The minimum atomic E-state index is 0.306. The van der Waals surface area contributed by atoms with Gasteiger partial charge < -0.3 is 14.2 Å². The van der Waals surface area contributed by atoms with Crippen LogP contribution in [0.3, 0.4) is 0 Å². The summed E-state index contributed by atoms with van der Waals surface area (Å²) in [6.07, 6.45) is 0. The highest BCUT2D eigenvalue weighted by Crippen LogP contribution is 2.29. The van der Waals surface area contributed by atoms with Gasteiger partial charge in [-0.05, 0) is 33.2 Å². The molecule has 0 radical (unpaired) electrons. The largest absolute Gasteiger partial charge is 0.494 e. The summed E-state index contributed by atoms with van der Waals surface area (Å²) in [6, 6.07) is 6.28. The van der Waals surface area contributed by atoms with Gasteiger partial charge in [0.25, 0.3) is 0 Å². The first-order valence-corrected chi connectivity index (χ1v) is 6.86. The van der Waals surface area contributed by atoms with Crippen LogP contribution in [0.25, 0.3) is 11.0 Å². The summed E-state index contributed by atoms with van der Waals surface area (Å²) < 4.78 is 7.57. The maximum absolute atomic E-state index is 6.04. The molecule has 0 fully saturated rings. The Morgan fingerprint density at radius 3 is 2.74 bits per heavy atom. The highest BCUT2D eigenvalue weighted by atomic mass is 35.5. The predicted octanol–water partition coefficient (Wildman–Crippen LogP) is 2.91. The number of likely N-dealkylation sites (N-methyl/N-ethyl adjacent to an activating group) is 1. The Balaban J connectivity index is 2.58. The molecule has 0 aliphatic carbocycles. The van der Waals surface area contributed by atoms with E-state index in [1.807, 2.05) is 12.1 Å². The summed E-state index contributed by atoms with van der Waals surface area (Å²) in [7, 11) is 5.80. The first-order valence-electron chi connectivity index (χ1n) is 6.33. The molecule has 5 heteroatoms. The Kier molecular flexibility index (Phi) is 4.32. The lowest BCUT2D eigenvalue weighted by Gasteiger charge is -2.20. The number of para-hydroxylation sites is 1. The van der Waals surface area contributed by atoms with Crippen molar-refractivity contribution in [2.24, 2.45) is 0 Å². The van der Waals surface area contributed by atoms with E-state index in [1.165, 1.54) is 0 Å². The summed E-state index contributed by atoms with van der Waals surface area (Å²) >= 11 is 6.04. The lowest BCUT2D eigenvalue weighted by Crippen LogP contribution is -2.23. The number of halogens is 1. The first-order chi connectivity index (χ1) is 9.08. The number of fused-ring (bicyclic) bond motifs is 1. The van der Waals surface area contributed by atoms with Gasteiger partial charge in [0.05, 0.1) is 18.5 Å². The number of hydrogen-bond donors (Lipinski definition) is 0. The van der Waals surface area contributed by atoms with Crippen LogP contribution in [0, 0.1) is 0 Å². The average Bonchev–Trinajstić information content (AvgIpc) is 2.75. The number of hydrogen-bond acceptors (Lipinski definition) is 3. The van der Waals surface area contributed by atoms with Gasteiger partial charge in [0.2, 0.25) is 0 Å². The average molecular weight is 282 g/mol. The molecule has 0 N–H and O–H groups in total. The molecule has 2 rings (SSSR count). The molecule has 0 spiro atoms. The molecule has 104 valence electrons. The van der Waals surface area contributed by atoms with Gasteiger partial charge in [-0.2, -0.15) is 0 Å². The van der Waals surface area contributed by atoms with Crippen molar-refractivity contribution in [3.05, 3.63) is 24.0 Å². The quantitative estimate of drug-likeness (QED) is 0.790. The van der Waals surface area contributed by atoms with Crippen LogP contribution in [0.15, 0.2) is 18.2 Å². The van der Waals surface area contributed by atoms with E-state index >= 15 is 0 Å². The van der Waals surface area contributed by atoms with Crippen LogP contribution >= 0.6 is 11.6 Å². The van der Waals surface area contributed by atoms with Gasteiger partial charge in [-0.1, -0.05) is 6.07 Å². The zero-order chi connectivity index (χ0) is 14.0. The number of ether oxygens (including phenoxy) is 1. The van der Waals surface area contributed by atoms with E-state index in [0.717, 1.165) is 29.2 Å². The Morgan fingerprint density at radius 1 is 1.42 bits per heavy atom. The third-order valence-electron chi connectivity index (χ3n) is 3.17. The third-order valence-corrected chi connectivity index (χ3v) is 3.40. The van der Waals surface area contributed by atoms with Crippen LogP contribution in [0.1, 0.15) is 18.8 Å². The summed E-state index contributed by atoms with van der Waals surface area (Å²) in [5.74, 6) is 2.07. The van der Waals surface area contributed by atoms with E-state index in [4.69, 9.17) is 16.3 Å². The fourth-order valence-corrected chi connectivity index (χ4v) is 2.69.